The lowest BCUT2D eigenvalue weighted by Crippen LogP contribution is -2.25. The number of carbonyl (C=O) groups is 1. The van der Waals surface area contributed by atoms with Gasteiger partial charge in [0.2, 0.25) is 11.2 Å². The number of carbonyl (C=O) groups excluding carboxylic acids is 1. The second kappa shape index (κ2) is 7.28. The molecule has 138 valence electrons. The van der Waals surface area contributed by atoms with E-state index in [9.17, 15) is 9.59 Å². The minimum atomic E-state index is -0.695. The Bertz CT molecular complexity index is 1180. The SMILES string of the molecule is Cc1ccc(-n2ccc(=O)c(C(=O)Nc3nonc3-c3ccccc3)n2)cc1. The standard InChI is InChI=1S/C20H15N5O3/c1-13-7-9-15(10-8-13)25-12-11-16(26)18(22-25)20(27)21-19-17(23-28-24-19)14-5-3-2-4-6-14/h2-12H,1H3,(H,21,24,27). The zero-order valence-corrected chi connectivity index (χ0v) is 14.9. The molecule has 0 aliphatic heterocycles. The zero-order chi connectivity index (χ0) is 19.5. The molecule has 2 heterocycles. The van der Waals surface area contributed by atoms with Gasteiger partial charge in [0, 0.05) is 17.8 Å². The normalized spacial score (nSPS) is 10.6. The highest BCUT2D eigenvalue weighted by atomic mass is 16.6. The fourth-order valence-electron chi connectivity index (χ4n) is 2.63. The summed E-state index contributed by atoms with van der Waals surface area (Å²) in [7, 11) is 0. The topological polar surface area (TPSA) is 103 Å². The number of anilines is 1. The average molecular weight is 373 g/mol. The summed E-state index contributed by atoms with van der Waals surface area (Å²) in [5.74, 6) is -0.581. The van der Waals surface area contributed by atoms with Gasteiger partial charge in [-0.1, -0.05) is 48.0 Å². The third-order valence-electron chi connectivity index (χ3n) is 4.09. The predicted octanol–water partition coefficient (Wildman–Crippen LogP) is 2.84. The highest BCUT2D eigenvalue weighted by Gasteiger charge is 2.19. The molecule has 0 aliphatic rings. The predicted molar refractivity (Wildman–Crippen MR) is 102 cm³/mol. The maximum absolute atomic E-state index is 12.7. The Balaban J connectivity index is 1.65. The van der Waals surface area contributed by atoms with Crippen molar-refractivity contribution in [3.8, 4) is 16.9 Å². The monoisotopic (exact) mass is 373 g/mol. The minimum absolute atomic E-state index is 0.114. The molecular formula is C20H15N5O3. The van der Waals surface area contributed by atoms with E-state index in [-0.39, 0.29) is 11.5 Å². The Morgan fingerprint density at radius 1 is 1.00 bits per heavy atom. The van der Waals surface area contributed by atoms with E-state index in [4.69, 9.17) is 4.63 Å². The number of hydrogen-bond acceptors (Lipinski definition) is 6. The first kappa shape index (κ1) is 17.3. The highest BCUT2D eigenvalue weighted by molar-refractivity contribution is 6.03. The van der Waals surface area contributed by atoms with Gasteiger partial charge in [-0.2, -0.15) is 5.10 Å². The van der Waals surface area contributed by atoms with Crippen LogP contribution in [0.1, 0.15) is 16.1 Å². The van der Waals surface area contributed by atoms with Gasteiger partial charge in [0.05, 0.1) is 5.69 Å². The number of benzene rings is 2. The van der Waals surface area contributed by atoms with Gasteiger partial charge in [-0.3, -0.25) is 9.59 Å². The highest BCUT2D eigenvalue weighted by Crippen LogP contribution is 2.23. The smallest absolute Gasteiger partial charge is 0.281 e. The van der Waals surface area contributed by atoms with Gasteiger partial charge < -0.3 is 5.32 Å². The number of nitrogens with zero attached hydrogens (tertiary/aromatic N) is 4. The van der Waals surface area contributed by atoms with Gasteiger partial charge in [-0.05, 0) is 29.4 Å². The van der Waals surface area contributed by atoms with E-state index in [1.54, 1.807) is 12.1 Å². The summed E-state index contributed by atoms with van der Waals surface area (Å²) in [6, 6.07) is 18.0. The summed E-state index contributed by atoms with van der Waals surface area (Å²) in [5.41, 5.74) is 2.15. The van der Waals surface area contributed by atoms with E-state index in [1.165, 1.54) is 16.9 Å². The molecule has 0 unspecified atom stereocenters. The number of rotatable bonds is 4. The average Bonchev–Trinajstić information content (AvgIpc) is 3.18. The molecule has 4 rings (SSSR count). The van der Waals surface area contributed by atoms with Crippen molar-refractivity contribution in [2.24, 2.45) is 0 Å². The van der Waals surface area contributed by atoms with Gasteiger partial charge in [0.1, 0.15) is 0 Å². The number of aromatic nitrogens is 4. The first-order valence-corrected chi connectivity index (χ1v) is 8.48. The molecule has 0 saturated carbocycles. The molecule has 0 radical (unpaired) electrons. The van der Waals surface area contributed by atoms with E-state index < -0.39 is 11.3 Å². The lowest BCUT2D eigenvalue weighted by Gasteiger charge is -2.07. The van der Waals surface area contributed by atoms with Crippen molar-refractivity contribution in [1.82, 2.24) is 20.1 Å². The summed E-state index contributed by atoms with van der Waals surface area (Å²) < 4.78 is 6.22. The minimum Gasteiger partial charge on any atom is -0.300 e. The molecule has 2 aromatic heterocycles. The van der Waals surface area contributed by atoms with Gasteiger partial charge in [-0.25, -0.2) is 9.31 Å². The Morgan fingerprint density at radius 2 is 1.75 bits per heavy atom. The van der Waals surface area contributed by atoms with Crippen molar-refractivity contribution in [3.05, 3.63) is 88.3 Å². The number of aryl methyl sites for hydroxylation is 1. The maximum Gasteiger partial charge on any atom is 0.281 e. The van der Waals surface area contributed by atoms with Crippen LogP contribution in [0, 0.1) is 6.92 Å². The lowest BCUT2D eigenvalue weighted by molar-refractivity contribution is 0.101. The molecule has 4 aromatic rings. The molecule has 0 bridgehead atoms. The van der Waals surface area contributed by atoms with Crippen LogP contribution < -0.4 is 10.7 Å². The van der Waals surface area contributed by atoms with Gasteiger partial charge >= 0.3 is 0 Å². The van der Waals surface area contributed by atoms with E-state index in [0.717, 1.165) is 16.8 Å². The van der Waals surface area contributed by atoms with Crippen LogP contribution in [0.2, 0.25) is 0 Å². The zero-order valence-electron chi connectivity index (χ0n) is 14.9. The lowest BCUT2D eigenvalue weighted by atomic mass is 10.1. The quantitative estimate of drug-likeness (QED) is 0.590. The largest absolute Gasteiger partial charge is 0.300 e. The van der Waals surface area contributed by atoms with Crippen LogP contribution in [0.3, 0.4) is 0 Å². The van der Waals surface area contributed by atoms with Gasteiger partial charge in [0.25, 0.3) is 5.91 Å². The second-order valence-corrected chi connectivity index (χ2v) is 6.09. The first-order chi connectivity index (χ1) is 13.6. The van der Waals surface area contributed by atoms with Crippen molar-refractivity contribution in [3.63, 3.8) is 0 Å². The summed E-state index contributed by atoms with van der Waals surface area (Å²) in [5, 5.41) is 14.3. The summed E-state index contributed by atoms with van der Waals surface area (Å²) in [6.07, 6.45) is 1.51. The molecule has 8 nitrogen and oxygen atoms in total. The Hall–Kier alpha value is -4.07. The van der Waals surface area contributed by atoms with Crippen molar-refractivity contribution in [2.75, 3.05) is 5.32 Å². The molecule has 1 amide bonds. The van der Waals surface area contributed by atoms with E-state index >= 15 is 0 Å². The van der Waals surface area contributed by atoms with Crippen LogP contribution in [0.5, 0.6) is 0 Å². The van der Waals surface area contributed by atoms with Gasteiger partial charge in [-0.15, -0.1) is 0 Å². The summed E-state index contributed by atoms with van der Waals surface area (Å²) in [6.45, 7) is 1.97. The summed E-state index contributed by atoms with van der Waals surface area (Å²) >= 11 is 0. The Kier molecular flexibility index (Phi) is 4.51. The van der Waals surface area contributed by atoms with Crippen LogP contribution in [0.15, 0.2) is 76.3 Å². The first-order valence-electron chi connectivity index (χ1n) is 8.48. The van der Waals surface area contributed by atoms with Crippen LogP contribution >= 0.6 is 0 Å². The number of nitrogens with one attached hydrogen (secondary N) is 1. The molecule has 1 N–H and O–H groups in total. The van der Waals surface area contributed by atoms with Crippen LogP contribution in [-0.4, -0.2) is 26.0 Å². The molecular weight excluding hydrogens is 358 g/mol. The second-order valence-electron chi connectivity index (χ2n) is 6.09. The van der Waals surface area contributed by atoms with Crippen LogP contribution in [0.4, 0.5) is 5.82 Å². The Labute approximate surface area is 159 Å². The maximum atomic E-state index is 12.7. The molecule has 0 fully saturated rings. The Morgan fingerprint density at radius 3 is 2.50 bits per heavy atom. The summed E-state index contributed by atoms with van der Waals surface area (Å²) in [4.78, 5) is 24.8. The van der Waals surface area contributed by atoms with Crippen LogP contribution in [0.25, 0.3) is 16.9 Å². The number of amides is 1. The molecule has 28 heavy (non-hydrogen) atoms. The molecule has 0 aliphatic carbocycles. The third-order valence-corrected chi connectivity index (χ3v) is 4.09. The molecule has 8 heteroatoms. The van der Waals surface area contributed by atoms with E-state index in [2.05, 4.69) is 20.7 Å². The molecule has 0 spiro atoms. The van der Waals surface area contributed by atoms with Crippen molar-refractivity contribution >= 4 is 11.7 Å². The molecule has 0 atom stereocenters. The van der Waals surface area contributed by atoms with Crippen molar-refractivity contribution < 1.29 is 9.42 Å². The van der Waals surface area contributed by atoms with E-state index in [1.807, 2.05) is 49.4 Å². The van der Waals surface area contributed by atoms with Gasteiger partial charge in [0.15, 0.2) is 11.4 Å². The number of hydrogen-bond donors (Lipinski definition) is 1. The van der Waals surface area contributed by atoms with Crippen LogP contribution in [-0.2, 0) is 0 Å². The van der Waals surface area contributed by atoms with Crippen molar-refractivity contribution in [2.45, 2.75) is 6.92 Å². The molecule has 2 aromatic carbocycles. The fourth-order valence-corrected chi connectivity index (χ4v) is 2.63. The fraction of sp³-hybridized carbons (Fsp3) is 0.0500. The van der Waals surface area contributed by atoms with E-state index in [0.29, 0.717) is 5.69 Å². The van der Waals surface area contributed by atoms with Crippen molar-refractivity contribution in [1.29, 1.82) is 0 Å². The molecule has 0 saturated heterocycles. The third kappa shape index (κ3) is 3.43.